The van der Waals surface area contributed by atoms with Crippen molar-refractivity contribution < 1.29 is 9.47 Å². The monoisotopic (exact) mass is 276 g/mol. The first-order valence-electron chi connectivity index (χ1n) is 6.15. The summed E-state index contributed by atoms with van der Waals surface area (Å²) in [5, 5.41) is 0. The van der Waals surface area contributed by atoms with E-state index < -0.39 is 0 Å². The number of rotatable bonds is 5. The van der Waals surface area contributed by atoms with Crippen LogP contribution < -0.4 is 9.47 Å². The van der Waals surface area contributed by atoms with Gasteiger partial charge in [-0.1, -0.05) is 36.4 Å². The summed E-state index contributed by atoms with van der Waals surface area (Å²) in [6.45, 7) is 2.49. The van der Waals surface area contributed by atoms with Crippen LogP contribution in [0.2, 0.25) is 0 Å². The highest BCUT2D eigenvalue weighted by atomic mass is 35.5. The van der Waals surface area contributed by atoms with Crippen molar-refractivity contribution in [3.05, 3.63) is 59.2 Å². The van der Waals surface area contributed by atoms with Gasteiger partial charge in [-0.2, -0.15) is 0 Å². The largest absolute Gasteiger partial charge is 0.496 e. The molecule has 0 N–H and O–H groups in total. The number of methoxy groups -OCH3 is 1. The van der Waals surface area contributed by atoms with Gasteiger partial charge in [-0.05, 0) is 18.6 Å². The van der Waals surface area contributed by atoms with Crippen LogP contribution in [0.3, 0.4) is 0 Å². The number of halogens is 1. The van der Waals surface area contributed by atoms with Crippen LogP contribution in [-0.4, -0.2) is 7.11 Å². The molecule has 2 rings (SSSR count). The van der Waals surface area contributed by atoms with Crippen molar-refractivity contribution in [1.82, 2.24) is 0 Å². The topological polar surface area (TPSA) is 18.5 Å². The predicted octanol–water partition coefficient (Wildman–Crippen LogP) is 4.32. The van der Waals surface area contributed by atoms with Gasteiger partial charge in [0.15, 0.2) is 0 Å². The smallest absolute Gasteiger partial charge is 0.127 e. The molecule has 0 aliphatic heterocycles. The Kier molecular flexibility index (Phi) is 4.69. The maximum absolute atomic E-state index is 5.94. The third kappa shape index (κ3) is 3.21. The molecule has 0 radical (unpaired) electrons. The summed E-state index contributed by atoms with van der Waals surface area (Å²) in [7, 11) is 1.66. The van der Waals surface area contributed by atoms with Crippen LogP contribution in [0, 0.1) is 6.92 Å². The zero-order valence-electron chi connectivity index (χ0n) is 11.2. The zero-order chi connectivity index (χ0) is 13.7. The number of alkyl halides is 1. The Morgan fingerprint density at radius 3 is 2.47 bits per heavy atom. The van der Waals surface area contributed by atoms with Crippen molar-refractivity contribution >= 4 is 11.6 Å². The quantitative estimate of drug-likeness (QED) is 0.757. The molecule has 3 heteroatoms. The molecule has 0 saturated heterocycles. The van der Waals surface area contributed by atoms with Gasteiger partial charge in [-0.3, -0.25) is 0 Å². The van der Waals surface area contributed by atoms with Crippen molar-refractivity contribution in [3.8, 4) is 11.5 Å². The predicted molar refractivity (Wildman–Crippen MR) is 78.1 cm³/mol. The van der Waals surface area contributed by atoms with Crippen LogP contribution in [0.15, 0.2) is 42.5 Å². The molecule has 0 bridgehead atoms. The number of ether oxygens (including phenoxy) is 2. The van der Waals surface area contributed by atoms with Crippen LogP contribution in [0.25, 0.3) is 0 Å². The average molecular weight is 277 g/mol. The second-order valence-electron chi connectivity index (χ2n) is 4.30. The molecule has 0 aromatic heterocycles. The van der Waals surface area contributed by atoms with Crippen molar-refractivity contribution in [2.75, 3.05) is 7.11 Å². The molecule has 0 aliphatic rings. The van der Waals surface area contributed by atoms with Crippen molar-refractivity contribution in [1.29, 1.82) is 0 Å². The van der Waals surface area contributed by atoms with Crippen LogP contribution in [0.5, 0.6) is 11.5 Å². The summed E-state index contributed by atoms with van der Waals surface area (Å²) in [5.41, 5.74) is 3.12. The number of para-hydroxylation sites is 2. The summed E-state index contributed by atoms with van der Waals surface area (Å²) < 4.78 is 11.2. The molecule has 2 aromatic rings. The molecule has 0 spiro atoms. The lowest BCUT2D eigenvalue weighted by molar-refractivity contribution is 0.292. The lowest BCUT2D eigenvalue weighted by Gasteiger charge is -2.14. The Bertz CT molecular complexity index is 552. The summed E-state index contributed by atoms with van der Waals surface area (Å²) in [6, 6.07) is 13.8. The standard InChI is InChI=1S/C16H17ClO2/c1-12-6-5-8-13(10-17)16(12)19-11-14-7-3-4-9-15(14)18-2/h3-9H,10-11H2,1-2H3. The first kappa shape index (κ1) is 13.8. The molecule has 2 aromatic carbocycles. The summed E-state index contributed by atoms with van der Waals surface area (Å²) in [4.78, 5) is 0. The van der Waals surface area contributed by atoms with E-state index in [4.69, 9.17) is 21.1 Å². The minimum Gasteiger partial charge on any atom is -0.496 e. The van der Waals surface area contributed by atoms with Crippen molar-refractivity contribution in [2.45, 2.75) is 19.4 Å². The van der Waals surface area contributed by atoms with Crippen LogP contribution in [0.4, 0.5) is 0 Å². The first-order valence-corrected chi connectivity index (χ1v) is 6.69. The van der Waals surface area contributed by atoms with Crippen LogP contribution in [0.1, 0.15) is 16.7 Å². The number of hydrogen-bond acceptors (Lipinski definition) is 2. The molecular weight excluding hydrogens is 260 g/mol. The third-order valence-corrected chi connectivity index (χ3v) is 3.29. The summed E-state index contributed by atoms with van der Waals surface area (Å²) in [5.74, 6) is 2.15. The van der Waals surface area contributed by atoms with E-state index in [-0.39, 0.29) is 0 Å². The van der Waals surface area contributed by atoms with Gasteiger partial charge in [-0.25, -0.2) is 0 Å². The molecule has 0 aliphatic carbocycles. The van der Waals surface area contributed by atoms with E-state index in [0.29, 0.717) is 12.5 Å². The van der Waals surface area contributed by atoms with E-state index in [2.05, 4.69) is 0 Å². The van der Waals surface area contributed by atoms with E-state index >= 15 is 0 Å². The van der Waals surface area contributed by atoms with Crippen molar-refractivity contribution in [3.63, 3.8) is 0 Å². The molecular formula is C16H17ClO2. The van der Waals surface area contributed by atoms with Crippen LogP contribution >= 0.6 is 11.6 Å². The fourth-order valence-corrected chi connectivity index (χ4v) is 2.21. The van der Waals surface area contributed by atoms with E-state index in [0.717, 1.165) is 28.2 Å². The Hall–Kier alpha value is -1.67. The van der Waals surface area contributed by atoms with Gasteiger partial charge in [0.2, 0.25) is 0 Å². The number of hydrogen-bond donors (Lipinski definition) is 0. The molecule has 0 saturated carbocycles. The molecule has 0 amide bonds. The second-order valence-corrected chi connectivity index (χ2v) is 4.56. The van der Waals surface area contributed by atoms with Crippen molar-refractivity contribution in [2.24, 2.45) is 0 Å². The molecule has 0 heterocycles. The van der Waals surface area contributed by atoms with Gasteiger partial charge in [0, 0.05) is 11.1 Å². The second kappa shape index (κ2) is 6.48. The van der Waals surface area contributed by atoms with E-state index in [1.807, 2.05) is 49.4 Å². The molecule has 0 fully saturated rings. The number of aryl methyl sites for hydroxylation is 1. The lowest BCUT2D eigenvalue weighted by Crippen LogP contribution is -2.01. The highest BCUT2D eigenvalue weighted by Gasteiger charge is 2.08. The molecule has 0 unspecified atom stereocenters. The SMILES string of the molecule is COc1ccccc1COc1c(C)cccc1CCl. The Labute approximate surface area is 118 Å². The molecule has 0 atom stereocenters. The summed E-state index contributed by atoms with van der Waals surface area (Å²) >= 11 is 5.94. The Morgan fingerprint density at radius 2 is 1.74 bits per heavy atom. The van der Waals surface area contributed by atoms with Gasteiger partial charge in [0.1, 0.15) is 18.1 Å². The summed E-state index contributed by atoms with van der Waals surface area (Å²) in [6.07, 6.45) is 0. The lowest BCUT2D eigenvalue weighted by atomic mass is 10.1. The number of benzene rings is 2. The Balaban J connectivity index is 2.19. The van der Waals surface area contributed by atoms with Crippen LogP contribution in [-0.2, 0) is 12.5 Å². The normalized spacial score (nSPS) is 10.3. The van der Waals surface area contributed by atoms with Gasteiger partial charge in [0.25, 0.3) is 0 Å². The first-order chi connectivity index (χ1) is 9.26. The van der Waals surface area contributed by atoms with Gasteiger partial charge in [0.05, 0.1) is 13.0 Å². The van der Waals surface area contributed by atoms with E-state index in [9.17, 15) is 0 Å². The highest BCUT2D eigenvalue weighted by Crippen LogP contribution is 2.27. The molecule has 19 heavy (non-hydrogen) atoms. The van der Waals surface area contributed by atoms with E-state index in [1.54, 1.807) is 7.11 Å². The minimum absolute atomic E-state index is 0.447. The van der Waals surface area contributed by atoms with Gasteiger partial charge in [-0.15, -0.1) is 11.6 Å². The fourth-order valence-electron chi connectivity index (χ4n) is 2.00. The minimum atomic E-state index is 0.447. The Morgan fingerprint density at radius 1 is 1.00 bits per heavy atom. The molecule has 2 nitrogen and oxygen atoms in total. The fraction of sp³-hybridized carbons (Fsp3) is 0.250. The van der Waals surface area contributed by atoms with E-state index in [1.165, 1.54) is 0 Å². The maximum Gasteiger partial charge on any atom is 0.127 e. The molecule has 100 valence electrons. The zero-order valence-corrected chi connectivity index (χ0v) is 11.9. The highest BCUT2D eigenvalue weighted by molar-refractivity contribution is 6.17. The van der Waals surface area contributed by atoms with Gasteiger partial charge >= 0.3 is 0 Å². The van der Waals surface area contributed by atoms with Gasteiger partial charge < -0.3 is 9.47 Å². The maximum atomic E-state index is 5.94. The third-order valence-electron chi connectivity index (χ3n) is 3.00. The average Bonchev–Trinajstić information content (AvgIpc) is 2.46.